The molecular formula is C122H250. The topological polar surface area (TPSA) is 0 Å². The molecule has 0 saturated heterocycles. The van der Waals surface area contributed by atoms with Crippen LogP contribution in [0.1, 0.15) is 593 Å². The minimum absolute atomic E-state index is 0.845. The molecule has 0 aromatic carbocycles. The minimum atomic E-state index is 0.845. The summed E-state index contributed by atoms with van der Waals surface area (Å²) in [6, 6.07) is 0. The maximum absolute atomic E-state index is 2.38. The van der Waals surface area contributed by atoms with Crippen LogP contribution < -0.4 is 0 Å². The molecule has 0 heterocycles. The van der Waals surface area contributed by atoms with Crippen LogP contribution in [0.4, 0.5) is 0 Å². The van der Waals surface area contributed by atoms with Gasteiger partial charge in [-0.2, -0.15) is 0 Å². The zero-order valence-corrected chi connectivity index (χ0v) is 94.1. The van der Waals surface area contributed by atoms with Crippen molar-refractivity contribution in [3.63, 3.8) is 0 Å². The third kappa shape index (κ3) is 143. The summed E-state index contributed by atoms with van der Waals surface area (Å²) in [7, 11) is 0. The van der Waals surface area contributed by atoms with Crippen molar-refractivity contribution in [2.75, 3.05) is 0 Å². The molecule has 14 aliphatic rings. The first kappa shape index (κ1) is 150. The Morgan fingerprint density at radius 1 is 0.156 bits per heavy atom. The van der Waals surface area contributed by atoms with Crippen molar-refractivity contribution in [2.24, 2.45) is 65.1 Å². The third-order valence-corrected chi connectivity index (χ3v) is 21.3. The van der Waals surface area contributed by atoms with E-state index in [4.69, 9.17) is 0 Å². The third-order valence-electron chi connectivity index (χ3n) is 21.3. The van der Waals surface area contributed by atoms with Gasteiger partial charge in [-0.1, -0.05) is 511 Å². The molecule has 0 heteroatoms. The van der Waals surface area contributed by atoms with Gasteiger partial charge in [-0.15, -0.1) is 0 Å². The standard InChI is InChI=1S/C8H16.3C8H14.C7H14.3C7H12.C6H12.3C6H10.2C5H8.14C2H6/c4*1-8-6-4-2-3-5-7-8;4*1-7-5-3-2-4-6-7;4*1-6-4-2-3-5-6;2*1-5-3-2-4-5;14*1-2/h8H,2-7H2,1H3;4,6,8H,2-3,5,7H2,1H3;2,4,8H,3,5-7H2,1H3;2-3,8H,4-7H2,1H3;7H,2-6H2,1H3;5H,2-4,6H2,1H3;3,5,7H,2,4,6H2,1H3;2-3,7H,4-6H2,1H3;6H,2-5H2,1H3;4H,2-3,5H2,1H3;2,4,6H,3,5H2,1H3;2-3,6H,4-5H2,1H3;3H,2,4H2,1H3;2-3,5H,4H2,1H3;14*1-2H3. The van der Waals surface area contributed by atoms with E-state index in [0.29, 0.717) is 0 Å². The van der Waals surface area contributed by atoms with Gasteiger partial charge in [-0.3, -0.25) is 0 Å². The minimum Gasteiger partial charge on any atom is -0.0885 e. The van der Waals surface area contributed by atoms with E-state index < -0.39 is 0 Å². The van der Waals surface area contributed by atoms with Gasteiger partial charge in [0, 0.05) is 0 Å². The van der Waals surface area contributed by atoms with Crippen LogP contribution in [0.3, 0.4) is 0 Å². The fourth-order valence-corrected chi connectivity index (χ4v) is 13.5. The SMILES string of the molecule is CC.CC.CC.CC.CC.CC.CC.CC.CC.CC.CC.CC.CC.CC.CC1=CCC1.CC1=CCCC1.CC1=CCCCC1.CC1C=CC1.CC1C=CCC1.CC1C=CCCC1.CC1C=CCCCC1.CC1CC=CC1.CC1CC=CCC1.CC1CC=CCCC1.CC1CCC=CCC1.CC1CCCC1.CC1CCCCC1.CC1CCCCCC1. The molecule has 3 saturated carbocycles. The van der Waals surface area contributed by atoms with Crippen molar-refractivity contribution in [2.45, 2.75) is 593 Å². The zero-order chi connectivity index (χ0) is 96.8. The average Bonchev–Trinajstić information content (AvgIpc) is 1.71. The first-order valence-electron chi connectivity index (χ1n) is 55.7. The number of allylic oxidation sites excluding steroid dienone is 22. The van der Waals surface area contributed by atoms with Crippen LogP contribution in [0.25, 0.3) is 0 Å². The molecule has 0 aromatic heterocycles. The summed E-state index contributed by atoms with van der Waals surface area (Å²) in [6.45, 7) is 88.0. The molecule has 0 radical (unpaired) electrons. The van der Waals surface area contributed by atoms with Gasteiger partial charge in [0.25, 0.3) is 0 Å². The van der Waals surface area contributed by atoms with Crippen molar-refractivity contribution in [3.05, 3.63) is 132 Å². The molecular weight excluding hydrogens is 1470 g/mol. The predicted octanol–water partition coefficient (Wildman–Crippen LogP) is 47.0. The monoisotopic (exact) mass is 1720 g/mol. The number of hydrogen-bond donors (Lipinski definition) is 0. The van der Waals surface area contributed by atoms with E-state index in [-0.39, 0.29) is 0 Å². The summed E-state index contributed by atoms with van der Waals surface area (Å²) < 4.78 is 0. The van der Waals surface area contributed by atoms with Crippen LogP contribution in [0, 0.1) is 65.1 Å². The lowest BCUT2D eigenvalue weighted by atomic mass is 9.91. The van der Waals surface area contributed by atoms with Gasteiger partial charge >= 0.3 is 0 Å². The highest BCUT2D eigenvalue weighted by atomic mass is 14.2. The highest BCUT2D eigenvalue weighted by Gasteiger charge is 2.10. The molecule has 6 unspecified atom stereocenters. The largest absolute Gasteiger partial charge is 0.0885 e. The van der Waals surface area contributed by atoms with E-state index >= 15 is 0 Å². The predicted molar refractivity (Wildman–Crippen MR) is 591 cm³/mol. The highest BCUT2D eigenvalue weighted by Crippen LogP contribution is 2.26. The van der Waals surface area contributed by atoms with Crippen LogP contribution in [-0.4, -0.2) is 0 Å². The second kappa shape index (κ2) is 147. The quantitative estimate of drug-likeness (QED) is 0.168. The Kier molecular flexibility index (Phi) is 181. The fourth-order valence-electron chi connectivity index (χ4n) is 13.5. The van der Waals surface area contributed by atoms with Crippen molar-refractivity contribution in [3.8, 4) is 0 Å². The Bertz CT molecular complexity index is 1980. The van der Waals surface area contributed by atoms with Gasteiger partial charge in [-0.05, 0) is 278 Å². The molecule has 738 valence electrons. The van der Waals surface area contributed by atoms with E-state index in [1.807, 2.05) is 194 Å². The molecule has 0 spiro atoms. The lowest BCUT2D eigenvalue weighted by Gasteiger charge is -2.15. The van der Waals surface area contributed by atoms with E-state index in [1.165, 1.54) is 302 Å². The Morgan fingerprint density at radius 2 is 0.385 bits per heavy atom. The molecule has 14 aliphatic carbocycles. The Balaban J connectivity index is -0.0000000840. The summed E-state index contributed by atoms with van der Waals surface area (Å²) in [5.74, 6) is 10.3. The van der Waals surface area contributed by atoms with Gasteiger partial charge in [0.2, 0.25) is 0 Å². The zero-order valence-electron chi connectivity index (χ0n) is 94.1. The summed E-state index contributed by atoms with van der Waals surface area (Å²) in [6.07, 6.45) is 109. The molecule has 6 atom stereocenters. The van der Waals surface area contributed by atoms with Crippen molar-refractivity contribution in [1.29, 1.82) is 0 Å². The summed E-state index contributed by atoms with van der Waals surface area (Å²) in [5, 5.41) is 0. The summed E-state index contributed by atoms with van der Waals surface area (Å²) in [4.78, 5) is 0. The maximum atomic E-state index is 2.38. The molecule has 0 nitrogen and oxygen atoms in total. The van der Waals surface area contributed by atoms with Gasteiger partial charge < -0.3 is 0 Å². The Labute approximate surface area is 784 Å². The molecule has 122 heavy (non-hydrogen) atoms. The van der Waals surface area contributed by atoms with Gasteiger partial charge in [0.15, 0.2) is 0 Å². The second-order valence-electron chi connectivity index (χ2n) is 32.6. The van der Waals surface area contributed by atoms with Crippen molar-refractivity contribution in [1.82, 2.24) is 0 Å². The summed E-state index contributed by atoms with van der Waals surface area (Å²) >= 11 is 0. The molecule has 0 N–H and O–H groups in total. The van der Waals surface area contributed by atoms with Crippen LogP contribution in [0.2, 0.25) is 0 Å². The Hall–Kier alpha value is -2.86. The number of rotatable bonds is 0. The molecule has 0 bridgehead atoms. The average molecular weight is 1720 g/mol. The fraction of sp³-hybridized carbons (Fsp3) is 0.820. The van der Waals surface area contributed by atoms with Crippen LogP contribution in [0.15, 0.2) is 132 Å². The highest BCUT2D eigenvalue weighted by molar-refractivity contribution is 5.08. The van der Waals surface area contributed by atoms with E-state index in [0.717, 1.165) is 65.1 Å². The van der Waals surface area contributed by atoms with E-state index in [1.54, 1.807) is 16.7 Å². The van der Waals surface area contributed by atoms with Gasteiger partial charge in [0.1, 0.15) is 0 Å². The second-order valence-corrected chi connectivity index (χ2v) is 32.6. The van der Waals surface area contributed by atoms with Crippen LogP contribution in [0.5, 0.6) is 0 Å². The van der Waals surface area contributed by atoms with Crippen molar-refractivity contribution >= 4 is 0 Å². The van der Waals surface area contributed by atoms with Gasteiger partial charge in [0.05, 0.1) is 0 Å². The van der Waals surface area contributed by atoms with Crippen LogP contribution in [-0.2, 0) is 0 Å². The lowest BCUT2D eigenvalue weighted by molar-refractivity contribution is 0.385. The van der Waals surface area contributed by atoms with E-state index in [2.05, 4.69) is 212 Å². The normalized spacial score (nSPS) is 21.2. The van der Waals surface area contributed by atoms with Gasteiger partial charge in [-0.25, -0.2) is 0 Å². The first-order valence-corrected chi connectivity index (χ1v) is 55.7. The molecule has 0 aromatic rings. The lowest BCUT2D eigenvalue weighted by Crippen LogP contribution is -1.99. The first-order chi connectivity index (χ1) is 59.5. The summed E-state index contributed by atoms with van der Waals surface area (Å²) in [5.41, 5.74) is 4.73. The van der Waals surface area contributed by atoms with Crippen LogP contribution >= 0.6 is 0 Å². The molecule has 0 aliphatic heterocycles. The van der Waals surface area contributed by atoms with E-state index in [9.17, 15) is 0 Å². The molecule has 0 amide bonds. The van der Waals surface area contributed by atoms with Crippen molar-refractivity contribution < 1.29 is 0 Å². The Morgan fingerprint density at radius 3 is 0.631 bits per heavy atom. The molecule has 3 fully saturated rings. The number of hydrogen-bond acceptors (Lipinski definition) is 0. The molecule has 14 rings (SSSR count). The smallest absolute Gasteiger partial charge is 0.0227 e. The maximum Gasteiger partial charge on any atom is -0.0227 e.